The normalized spacial score (nSPS) is 20.7. The lowest BCUT2D eigenvalue weighted by molar-refractivity contribution is 0.112. The second kappa shape index (κ2) is 4.00. The molecule has 0 spiro atoms. The molecule has 1 aromatic carbocycles. The summed E-state index contributed by atoms with van der Waals surface area (Å²) in [6.07, 6.45) is 2.31. The Balaban J connectivity index is 2.28. The zero-order chi connectivity index (χ0) is 9.97. The minimum absolute atomic E-state index is 0.167. The van der Waals surface area contributed by atoms with Crippen LogP contribution in [0.3, 0.4) is 0 Å². The minimum Gasteiger partial charge on any atom is -0.374 e. The van der Waals surface area contributed by atoms with Crippen molar-refractivity contribution in [2.24, 2.45) is 0 Å². The van der Waals surface area contributed by atoms with Crippen molar-refractivity contribution in [2.75, 3.05) is 6.61 Å². The summed E-state index contributed by atoms with van der Waals surface area (Å²) >= 11 is 5.93. The van der Waals surface area contributed by atoms with Gasteiger partial charge in [-0.2, -0.15) is 5.26 Å². The van der Waals surface area contributed by atoms with Gasteiger partial charge in [-0.05, 0) is 30.5 Å². The Kier molecular flexibility index (Phi) is 2.72. The average molecular weight is 208 g/mol. The van der Waals surface area contributed by atoms with Crippen LogP contribution in [0.25, 0.3) is 0 Å². The van der Waals surface area contributed by atoms with Crippen molar-refractivity contribution in [3.05, 3.63) is 34.3 Å². The predicted octanol–water partition coefficient (Wildman–Crippen LogP) is 3.06. The van der Waals surface area contributed by atoms with Crippen molar-refractivity contribution in [1.29, 1.82) is 5.26 Å². The van der Waals surface area contributed by atoms with Gasteiger partial charge in [0.15, 0.2) is 0 Å². The van der Waals surface area contributed by atoms with Gasteiger partial charge in [-0.3, -0.25) is 0 Å². The molecule has 0 radical (unpaired) electrons. The molecule has 1 heterocycles. The van der Waals surface area contributed by atoms with Crippen LogP contribution in [-0.2, 0) is 4.74 Å². The predicted molar refractivity (Wildman–Crippen MR) is 54.1 cm³/mol. The SMILES string of the molecule is N#Cc1ccc(C2CCCO2)cc1Cl. The zero-order valence-electron chi connectivity index (χ0n) is 7.66. The molecule has 0 amide bonds. The summed E-state index contributed by atoms with van der Waals surface area (Å²) in [7, 11) is 0. The van der Waals surface area contributed by atoms with E-state index in [0.717, 1.165) is 25.0 Å². The van der Waals surface area contributed by atoms with Gasteiger partial charge in [0.25, 0.3) is 0 Å². The van der Waals surface area contributed by atoms with Gasteiger partial charge in [-0.15, -0.1) is 0 Å². The standard InChI is InChI=1S/C11H10ClNO/c12-10-6-8(3-4-9(10)7-13)11-2-1-5-14-11/h3-4,6,11H,1-2,5H2. The van der Waals surface area contributed by atoms with E-state index in [1.54, 1.807) is 6.07 Å². The van der Waals surface area contributed by atoms with Crippen molar-refractivity contribution < 1.29 is 4.74 Å². The Morgan fingerprint density at radius 1 is 1.50 bits per heavy atom. The van der Waals surface area contributed by atoms with Gasteiger partial charge in [0, 0.05) is 6.61 Å². The fraction of sp³-hybridized carbons (Fsp3) is 0.364. The zero-order valence-corrected chi connectivity index (χ0v) is 8.42. The molecular weight excluding hydrogens is 198 g/mol. The number of ether oxygens (including phenoxy) is 1. The Bertz CT molecular complexity index is 377. The van der Waals surface area contributed by atoms with E-state index in [9.17, 15) is 0 Å². The highest BCUT2D eigenvalue weighted by molar-refractivity contribution is 6.31. The first-order chi connectivity index (χ1) is 6.81. The van der Waals surface area contributed by atoms with Crippen LogP contribution < -0.4 is 0 Å². The number of rotatable bonds is 1. The number of halogens is 1. The van der Waals surface area contributed by atoms with E-state index in [2.05, 4.69) is 0 Å². The molecule has 0 saturated carbocycles. The molecule has 1 saturated heterocycles. The molecule has 0 bridgehead atoms. The second-order valence-corrected chi connectivity index (χ2v) is 3.76. The van der Waals surface area contributed by atoms with Gasteiger partial charge in [-0.25, -0.2) is 0 Å². The van der Waals surface area contributed by atoms with Gasteiger partial charge in [0.1, 0.15) is 6.07 Å². The van der Waals surface area contributed by atoms with E-state index in [0.29, 0.717) is 10.6 Å². The number of benzene rings is 1. The third kappa shape index (κ3) is 1.75. The summed E-state index contributed by atoms with van der Waals surface area (Å²) in [6.45, 7) is 0.822. The summed E-state index contributed by atoms with van der Waals surface area (Å²) in [4.78, 5) is 0. The van der Waals surface area contributed by atoms with Gasteiger partial charge in [0.2, 0.25) is 0 Å². The molecule has 1 aromatic rings. The molecule has 2 rings (SSSR count). The van der Waals surface area contributed by atoms with E-state index in [1.165, 1.54) is 0 Å². The van der Waals surface area contributed by atoms with Crippen molar-refractivity contribution >= 4 is 11.6 Å². The fourth-order valence-electron chi connectivity index (χ4n) is 1.66. The molecule has 0 N–H and O–H groups in total. The molecule has 1 aliphatic rings. The maximum absolute atomic E-state index is 8.71. The number of hydrogen-bond donors (Lipinski definition) is 0. The molecule has 72 valence electrons. The molecule has 2 nitrogen and oxygen atoms in total. The first kappa shape index (κ1) is 9.51. The van der Waals surface area contributed by atoms with E-state index in [-0.39, 0.29) is 6.10 Å². The smallest absolute Gasteiger partial charge is 0.101 e. The Morgan fingerprint density at radius 2 is 2.36 bits per heavy atom. The molecule has 1 fully saturated rings. The van der Waals surface area contributed by atoms with Crippen molar-refractivity contribution in [1.82, 2.24) is 0 Å². The molecule has 3 heteroatoms. The van der Waals surface area contributed by atoms with Crippen LogP contribution in [-0.4, -0.2) is 6.61 Å². The van der Waals surface area contributed by atoms with E-state index in [4.69, 9.17) is 21.6 Å². The number of hydrogen-bond acceptors (Lipinski definition) is 2. The van der Waals surface area contributed by atoms with Crippen LogP contribution in [0, 0.1) is 11.3 Å². The lowest BCUT2D eigenvalue weighted by Gasteiger charge is -2.09. The van der Waals surface area contributed by atoms with Crippen molar-refractivity contribution in [3.8, 4) is 6.07 Å². The molecule has 14 heavy (non-hydrogen) atoms. The van der Waals surface area contributed by atoms with Gasteiger partial charge in [0.05, 0.1) is 16.7 Å². The maximum atomic E-state index is 8.71. The summed E-state index contributed by atoms with van der Waals surface area (Å²) in [5.41, 5.74) is 1.60. The molecule has 0 aromatic heterocycles. The molecule has 1 unspecified atom stereocenters. The quantitative estimate of drug-likeness (QED) is 0.709. The molecule has 0 aliphatic carbocycles. The van der Waals surface area contributed by atoms with Crippen LogP contribution in [0.2, 0.25) is 5.02 Å². The molecular formula is C11H10ClNO. The first-order valence-corrected chi connectivity index (χ1v) is 5.00. The van der Waals surface area contributed by atoms with Crippen molar-refractivity contribution in [2.45, 2.75) is 18.9 Å². The van der Waals surface area contributed by atoms with Crippen molar-refractivity contribution in [3.63, 3.8) is 0 Å². The van der Waals surface area contributed by atoms with Gasteiger partial charge >= 0.3 is 0 Å². The Morgan fingerprint density at radius 3 is 2.93 bits per heavy atom. The summed E-state index contributed by atoms with van der Waals surface area (Å²) < 4.78 is 5.53. The van der Waals surface area contributed by atoms with Crippen LogP contribution in [0.15, 0.2) is 18.2 Å². The first-order valence-electron chi connectivity index (χ1n) is 4.62. The highest BCUT2D eigenvalue weighted by Gasteiger charge is 2.18. The average Bonchev–Trinajstić information content (AvgIpc) is 2.70. The topological polar surface area (TPSA) is 33.0 Å². The van der Waals surface area contributed by atoms with Crippen LogP contribution in [0.5, 0.6) is 0 Å². The Hall–Kier alpha value is -1.04. The van der Waals surface area contributed by atoms with Gasteiger partial charge in [-0.1, -0.05) is 17.7 Å². The lowest BCUT2D eigenvalue weighted by Crippen LogP contribution is -1.95. The number of nitriles is 1. The lowest BCUT2D eigenvalue weighted by atomic mass is 10.1. The number of nitrogens with zero attached hydrogens (tertiary/aromatic N) is 1. The Labute approximate surface area is 88.1 Å². The van der Waals surface area contributed by atoms with Crippen LogP contribution >= 0.6 is 11.6 Å². The van der Waals surface area contributed by atoms with E-state index in [1.807, 2.05) is 18.2 Å². The monoisotopic (exact) mass is 207 g/mol. The summed E-state index contributed by atoms with van der Waals surface area (Å²) in [5.74, 6) is 0. The summed E-state index contributed by atoms with van der Waals surface area (Å²) in [5, 5.41) is 9.22. The van der Waals surface area contributed by atoms with E-state index >= 15 is 0 Å². The maximum Gasteiger partial charge on any atom is 0.101 e. The highest BCUT2D eigenvalue weighted by Crippen LogP contribution is 2.30. The third-order valence-corrected chi connectivity index (χ3v) is 2.73. The van der Waals surface area contributed by atoms with E-state index < -0.39 is 0 Å². The third-order valence-electron chi connectivity index (χ3n) is 2.42. The second-order valence-electron chi connectivity index (χ2n) is 3.35. The van der Waals surface area contributed by atoms with Crippen LogP contribution in [0.1, 0.15) is 30.1 Å². The largest absolute Gasteiger partial charge is 0.374 e. The molecule has 1 aliphatic heterocycles. The van der Waals surface area contributed by atoms with Crippen LogP contribution in [0.4, 0.5) is 0 Å². The highest BCUT2D eigenvalue weighted by atomic mass is 35.5. The minimum atomic E-state index is 0.167. The van der Waals surface area contributed by atoms with Gasteiger partial charge < -0.3 is 4.74 Å². The fourth-order valence-corrected chi connectivity index (χ4v) is 1.89. The summed E-state index contributed by atoms with van der Waals surface area (Å²) in [6, 6.07) is 7.54. The molecule has 1 atom stereocenters.